The van der Waals surface area contributed by atoms with Crippen LogP contribution in [0.4, 0.5) is 19.2 Å². The lowest BCUT2D eigenvalue weighted by atomic mass is 10.2. The summed E-state index contributed by atoms with van der Waals surface area (Å²) in [6, 6.07) is 7.37. The number of carbonyl (C=O) groups excluding carboxylic acids is 1. The predicted octanol–water partition coefficient (Wildman–Crippen LogP) is 2.48. The van der Waals surface area contributed by atoms with Gasteiger partial charge in [0.15, 0.2) is 5.58 Å². The Morgan fingerprint density at radius 1 is 1.41 bits per heavy atom. The van der Waals surface area contributed by atoms with Crippen molar-refractivity contribution in [1.29, 1.82) is 0 Å². The fraction of sp³-hybridized carbons (Fsp3) is 0.429. The maximum atomic E-state index is 12.2. The van der Waals surface area contributed by atoms with E-state index >= 15 is 0 Å². The van der Waals surface area contributed by atoms with E-state index in [9.17, 15) is 18.0 Å². The van der Waals surface area contributed by atoms with Gasteiger partial charge in [-0.25, -0.2) is 0 Å². The largest absolute Gasteiger partial charge is 0.471 e. The number of aromatic nitrogens is 1. The van der Waals surface area contributed by atoms with Crippen molar-refractivity contribution in [3.05, 3.63) is 24.3 Å². The molecule has 3 rings (SSSR count). The van der Waals surface area contributed by atoms with E-state index in [2.05, 4.69) is 4.98 Å². The van der Waals surface area contributed by atoms with Gasteiger partial charge in [-0.15, -0.1) is 0 Å². The maximum absolute atomic E-state index is 12.2. The zero-order valence-electron chi connectivity index (χ0n) is 11.6. The quantitative estimate of drug-likeness (QED) is 0.946. The molecule has 1 saturated heterocycles. The second kappa shape index (κ2) is 5.51. The fourth-order valence-electron chi connectivity index (χ4n) is 2.59. The van der Waals surface area contributed by atoms with Gasteiger partial charge in [0.1, 0.15) is 5.52 Å². The molecule has 118 valence electrons. The minimum absolute atomic E-state index is 0.0862. The van der Waals surface area contributed by atoms with Crippen molar-refractivity contribution in [1.82, 2.24) is 10.3 Å². The smallest absolute Gasteiger partial charge is 0.423 e. The average molecular weight is 313 g/mol. The Morgan fingerprint density at radius 3 is 2.91 bits per heavy atom. The van der Waals surface area contributed by atoms with Crippen LogP contribution in [0.25, 0.3) is 11.1 Å². The lowest BCUT2D eigenvalue weighted by Gasteiger charge is -2.23. The highest BCUT2D eigenvalue weighted by atomic mass is 19.4. The molecule has 8 heteroatoms. The lowest BCUT2D eigenvalue weighted by Crippen LogP contribution is -2.44. The highest BCUT2D eigenvalue weighted by Crippen LogP contribution is 2.28. The molecule has 5 nitrogen and oxygen atoms in total. The van der Waals surface area contributed by atoms with Crippen LogP contribution >= 0.6 is 0 Å². The number of carbonyl (C=O) groups is 1. The van der Waals surface area contributed by atoms with Crippen LogP contribution in [-0.4, -0.2) is 36.2 Å². The van der Waals surface area contributed by atoms with Crippen molar-refractivity contribution < 1.29 is 22.4 Å². The number of anilines is 1. The zero-order chi connectivity index (χ0) is 15.7. The van der Waals surface area contributed by atoms with Crippen molar-refractivity contribution in [3.63, 3.8) is 0 Å². The molecule has 2 aromatic rings. The average Bonchev–Trinajstić information content (AvgIpc) is 3.09. The standard InChI is InChI=1S/C14H14F3N3O2/c15-14(16,17)12(21)18-8-9-4-3-7-20(9)13-19-10-5-1-2-6-11(10)22-13/h1-2,5-6,9H,3-4,7-8H2,(H,18,21). The number of para-hydroxylation sites is 2. The molecule has 1 unspecified atom stereocenters. The Labute approximate surface area is 124 Å². The Bertz CT molecular complexity index is 650. The fourth-order valence-corrected chi connectivity index (χ4v) is 2.59. The molecule has 1 fully saturated rings. The molecular weight excluding hydrogens is 299 g/mol. The second-order valence-corrected chi connectivity index (χ2v) is 5.16. The van der Waals surface area contributed by atoms with E-state index in [0.717, 1.165) is 6.42 Å². The minimum atomic E-state index is -4.86. The first-order chi connectivity index (χ1) is 10.4. The van der Waals surface area contributed by atoms with Crippen molar-refractivity contribution in [2.45, 2.75) is 25.1 Å². The van der Waals surface area contributed by atoms with Crippen molar-refractivity contribution in [2.24, 2.45) is 0 Å². The van der Waals surface area contributed by atoms with Gasteiger partial charge in [0, 0.05) is 13.1 Å². The van der Waals surface area contributed by atoms with E-state index < -0.39 is 12.1 Å². The summed E-state index contributed by atoms with van der Waals surface area (Å²) in [5.41, 5.74) is 1.32. The number of benzene rings is 1. The van der Waals surface area contributed by atoms with Crippen LogP contribution in [0, 0.1) is 0 Å². The van der Waals surface area contributed by atoms with Crippen LogP contribution in [0.5, 0.6) is 0 Å². The summed E-state index contributed by atoms with van der Waals surface area (Å²) in [4.78, 5) is 17.1. The van der Waals surface area contributed by atoms with Gasteiger partial charge in [0.25, 0.3) is 6.01 Å². The molecular formula is C14H14F3N3O2. The van der Waals surface area contributed by atoms with E-state index in [0.29, 0.717) is 30.1 Å². The summed E-state index contributed by atoms with van der Waals surface area (Å²) in [5, 5.41) is 1.92. The highest BCUT2D eigenvalue weighted by molar-refractivity contribution is 5.81. The molecule has 1 atom stereocenters. The molecule has 1 aromatic heterocycles. The molecule has 0 bridgehead atoms. The molecule has 2 heterocycles. The first-order valence-electron chi connectivity index (χ1n) is 6.92. The van der Waals surface area contributed by atoms with Crippen molar-refractivity contribution in [3.8, 4) is 0 Å². The van der Waals surface area contributed by atoms with Crippen LogP contribution in [-0.2, 0) is 4.79 Å². The van der Waals surface area contributed by atoms with Gasteiger partial charge in [-0.2, -0.15) is 18.2 Å². The number of alkyl halides is 3. The topological polar surface area (TPSA) is 58.4 Å². The molecule has 1 N–H and O–H groups in total. The van der Waals surface area contributed by atoms with Gasteiger partial charge in [-0.3, -0.25) is 4.79 Å². The summed E-state index contributed by atoms with van der Waals surface area (Å²) in [7, 11) is 0. The Morgan fingerprint density at radius 2 is 2.18 bits per heavy atom. The molecule has 0 spiro atoms. The minimum Gasteiger partial charge on any atom is -0.423 e. The summed E-state index contributed by atoms with van der Waals surface area (Å²) in [5.74, 6) is -1.92. The number of nitrogens with zero attached hydrogens (tertiary/aromatic N) is 2. The molecule has 1 amide bonds. The highest BCUT2D eigenvalue weighted by Gasteiger charge is 2.39. The zero-order valence-corrected chi connectivity index (χ0v) is 11.6. The van der Waals surface area contributed by atoms with E-state index in [1.54, 1.807) is 17.0 Å². The Balaban J connectivity index is 1.71. The summed E-state index contributed by atoms with van der Waals surface area (Å²) in [6.07, 6.45) is -3.37. The third-order valence-corrected chi connectivity index (χ3v) is 3.66. The number of rotatable bonds is 3. The molecule has 22 heavy (non-hydrogen) atoms. The van der Waals surface area contributed by atoms with Crippen LogP contribution in [0.3, 0.4) is 0 Å². The Hall–Kier alpha value is -2.25. The number of oxazole rings is 1. The molecule has 0 aliphatic carbocycles. The molecule has 0 saturated carbocycles. The monoisotopic (exact) mass is 313 g/mol. The summed E-state index contributed by atoms with van der Waals surface area (Å²) < 4.78 is 42.3. The van der Waals surface area contributed by atoms with Crippen molar-refractivity contribution >= 4 is 23.0 Å². The summed E-state index contributed by atoms with van der Waals surface area (Å²) in [6.45, 7) is 0.552. The molecule has 1 aromatic carbocycles. The molecule has 0 radical (unpaired) electrons. The first-order valence-corrected chi connectivity index (χ1v) is 6.92. The number of amides is 1. The van der Waals surface area contributed by atoms with E-state index in [4.69, 9.17) is 4.42 Å². The molecule has 1 aliphatic heterocycles. The van der Waals surface area contributed by atoms with E-state index in [1.165, 1.54) is 0 Å². The van der Waals surface area contributed by atoms with Crippen LogP contribution in [0.1, 0.15) is 12.8 Å². The number of hydrogen-bond acceptors (Lipinski definition) is 4. The van der Waals surface area contributed by atoms with Crippen LogP contribution in [0.2, 0.25) is 0 Å². The number of halogens is 3. The van der Waals surface area contributed by atoms with Gasteiger partial charge in [-0.05, 0) is 25.0 Å². The summed E-state index contributed by atoms with van der Waals surface area (Å²) >= 11 is 0. The van der Waals surface area contributed by atoms with Gasteiger partial charge < -0.3 is 14.6 Å². The number of fused-ring (bicyclic) bond motifs is 1. The number of hydrogen-bond donors (Lipinski definition) is 1. The van der Waals surface area contributed by atoms with Gasteiger partial charge in [0.2, 0.25) is 0 Å². The SMILES string of the molecule is O=C(NCC1CCCN1c1nc2ccccc2o1)C(F)(F)F. The number of nitrogens with one attached hydrogen (secondary N) is 1. The van der Waals surface area contributed by atoms with Gasteiger partial charge in [0.05, 0.1) is 6.04 Å². The predicted molar refractivity (Wildman–Crippen MR) is 73.4 cm³/mol. The lowest BCUT2D eigenvalue weighted by molar-refractivity contribution is -0.173. The Kier molecular flexibility index (Phi) is 3.67. The molecule has 1 aliphatic rings. The third kappa shape index (κ3) is 2.86. The third-order valence-electron chi connectivity index (χ3n) is 3.66. The van der Waals surface area contributed by atoms with Crippen LogP contribution < -0.4 is 10.2 Å². The van der Waals surface area contributed by atoms with Crippen LogP contribution in [0.15, 0.2) is 28.7 Å². The van der Waals surface area contributed by atoms with Gasteiger partial charge >= 0.3 is 12.1 Å². The van der Waals surface area contributed by atoms with E-state index in [1.807, 2.05) is 17.4 Å². The van der Waals surface area contributed by atoms with Crippen molar-refractivity contribution in [2.75, 3.05) is 18.0 Å². The van der Waals surface area contributed by atoms with E-state index in [-0.39, 0.29) is 12.6 Å². The maximum Gasteiger partial charge on any atom is 0.471 e. The normalized spacial score (nSPS) is 18.9. The second-order valence-electron chi connectivity index (χ2n) is 5.16. The van der Waals surface area contributed by atoms with Gasteiger partial charge in [-0.1, -0.05) is 12.1 Å². The first kappa shape index (κ1) is 14.7.